The highest BCUT2D eigenvalue weighted by Crippen LogP contribution is 2.45. The van der Waals surface area contributed by atoms with Gasteiger partial charge in [0.2, 0.25) is 5.89 Å². The highest BCUT2D eigenvalue weighted by molar-refractivity contribution is 5.18. The molecule has 0 bridgehead atoms. The zero-order valence-electron chi connectivity index (χ0n) is 10.3. The van der Waals surface area contributed by atoms with E-state index in [0.717, 1.165) is 17.8 Å². The molecule has 0 saturated heterocycles. The minimum Gasteiger partial charge on any atom is -0.388 e. The van der Waals surface area contributed by atoms with Crippen LogP contribution in [-0.2, 0) is 6.42 Å². The second kappa shape index (κ2) is 4.53. The largest absolute Gasteiger partial charge is 0.388 e. The first-order valence-corrected chi connectivity index (χ1v) is 6.29. The van der Waals surface area contributed by atoms with Gasteiger partial charge in [0.05, 0.1) is 12.5 Å². The summed E-state index contributed by atoms with van der Waals surface area (Å²) in [5, 5.41) is 14.0. The lowest BCUT2D eigenvalue weighted by Crippen LogP contribution is -2.01. The van der Waals surface area contributed by atoms with Gasteiger partial charge in [0, 0.05) is 5.92 Å². The third-order valence-corrected chi connectivity index (χ3v) is 3.48. The van der Waals surface area contributed by atoms with Gasteiger partial charge in [-0.05, 0) is 17.9 Å². The average Bonchev–Trinajstić information content (AvgIpc) is 2.94. The van der Waals surface area contributed by atoms with Gasteiger partial charge in [-0.25, -0.2) is 0 Å². The van der Waals surface area contributed by atoms with Crippen LogP contribution >= 0.6 is 0 Å². The summed E-state index contributed by atoms with van der Waals surface area (Å²) in [7, 11) is 0. The van der Waals surface area contributed by atoms with Crippen molar-refractivity contribution >= 4 is 0 Å². The molecule has 0 spiro atoms. The molecule has 4 nitrogen and oxygen atoms in total. The summed E-state index contributed by atoms with van der Waals surface area (Å²) >= 11 is 0. The molecule has 4 heteroatoms. The van der Waals surface area contributed by atoms with Gasteiger partial charge in [-0.1, -0.05) is 42.4 Å². The molecule has 94 valence electrons. The van der Waals surface area contributed by atoms with Crippen molar-refractivity contribution in [3.63, 3.8) is 0 Å². The standard InChI is InChI=1S/C14H16N2O2/c1-9-7-11(9)14-15-13(18-16-14)8-12(17)10-5-3-2-4-6-10/h2-6,9,11-12,17H,7-8H2,1H3. The van der Waals surface area contributed by atoms with Crippen LogP contribution in [0.5, 0.6) is 0 Å². The zero-order chi connectivity index (χ0) is 12.5. The Morgan fingerprint density at radius 1 is 1.39 bits per heavy atom. The summed E-state index contributed by atoms with van der Waals surface area (Å²) in [5.41, 5.74) is 0.872. The predicted octanol–water partition coefficient (Wildman–Crippen LogP) is 2.47. The molecular formula is C14H16N2O2. The predicted molar refractivity (Wildman–Crippen MR) is 65.9 cm³/mol. The van der Waals surface area contributed by atoms with Gasteiger partial charge in [-0.3, -0.25) is 0 Å². The highest BCUT2D eigenvalue weighted by Gasteiger charge is 2.38. The maximum atomic E-state index is 10.1. The zero-order valence-corrected chi connectivity index (χ0v) is 10.3. The molecule has 18 heavy (non-hydrogen) atoms. The number of aliphatic hydroxyl groups is 1. The van der Waals surface area contributed by atoms with Crippen molar-refractivity contribution in [1.29, 1.82) is 0 Å². The summed E-state index contributed by atoms with van der Waals surface area (Å²) < 4.78 is 5.19. The van der Waals surface area contributed by atoms with E-state index in [2.05, 4.69) is 17.1 Å². The molecule has 1 fully saturated rings. The van der Waals surface area contributed by atoms with Gasteiger partial charge in [0.15, 0.2) is 5.82 Å². The van der Waals surface area contributed by atoms with Crippen LogP contribution in [0.2, 0.25) is 0 Å². The molecule has 0 aliphatic heterocycles. The van der Waals surface area contributed by atoms with E-state index in [1.807, 2.05) is 30.3 Å². The van der Waals surface area contributed by atoms with Crippen LogP contribution in [0, 0.1) is 5.92 Å². The molecule has 3 rings (SSSR count). The van der Waals surface area contributed by atoms with E-state index < -0.39 is 6.10 Å². The van der Waals surface area contributed by atoms with Crippen LogP contribution in [0.3, 0.4) is 0 Å². The van der Waals surface area contributed by atoms with Crippen molar-refractivity contribution in [1.82, 2.24) is 10.1 Å². The number of benzene rings is 1. The van der Waals surface area contributed by atoms with Gasteiger partial charge in [-0.2, -0.15) is 4.98 Å². The molecule has 1 N–H and O–H groups in total. The molecule has 2 aromatic rings. The normalized spacial score (nSPS) is 23.9. The van der Waals surface area contributed by atoms with Crippen molar-refractivity contribution in [2.75, 3.05) is 0 Å². The molecule has 1 saturated carbocycles. The molecular weight excluding hydrogens is 228 g/mol. The maximum absolute atomic E-state index is 10.1. The average molecular weight is 244 g/mol. The first-order chi connectivity index (χ1) is 8.74. The molecule has 1 heterocycles. The van der Waals surface area contributed by atoms with E-state index in [1.165, 1.54) is 0 Å². The molecule has 1 aliphatic rings. The van der Waals surface area contributed by atoms with Gasteiger partial charge in [0.1, 0.15) is 0 Å². The van der Waals surface area contributed by atoms with E-state index in [1.54, 1.807) is 0 Å². The molecule has 0 radical (unpaired) electrons. The summed E-state index contributed by atoms with van der Waals surface area (Å²) in [6.45, 7) is 2.18. The lowest BCUT2D eigenvalue weighted by Gasteiger charge is -2.07. The van der Waals surface area contributed by atoms with Gasteiger partial charge in [0.25, 0.3) is 0 Å². The number of rotatable bonds is 4. The van der Waals surface area contributed by atoms with Gasteiger partial charge < -0.3 is 9.63 Å². The first-order valence-electron chi connectivity index (χ1n) is 6.29. The first kappa shape index (κ1) is 11.4. The Morgan fingerprint density at radius 2 is 2.11 bits per heavy atom. The van der Waals surface area contributed by atoms with Crippen LogP contribution < -0.4 is 0 Å². The fraction of sp³-hybridized carbons (Fsp3) is 0.429. The Hall–Kier alpha value is -1.68. The number of hydrogen-bond donors (Lipinski definition) is 1. The minimum atomic E-state index is -0.587. The summed E-state index contributed by atoms with van der Waals surface area (Å²) in [5.74, 6) is 2.42. The van der Waals surface area contributed by atoms with E-state index >= 15 is 0 Å². The van der Waals surface area contributed by atoms with E-state index in [0.29, 0.717) is 24.1 Å². The third-order valence-electron chi connectivity index (χ3n) is 3.48. The second-order valence-electron chi connectivity index (χ2n) is 5.00. The van der Waals surface area contributed by atoms with Crippen LogP contribution in [0.15, 0.2) is 34.9 Å². The SMILES string of the molecule is CC1CC1c1noc(CC(O)c2ccccc2)n1. The topological polar surface area (TPSA) is 59.2 Å². The van der Waals surface area contributed by atoms with E-state index in [9.17, 15) is 5.11 Å². The van der Waals surface area contributed by atoms with Crippen molar-refractivity contribution in [2.24, 2.45) is 5.92 Å². The maximum Gasteiger partial charge on any atom is 0.229 e. The highest BCUT2D eigenvalue weighted by atomic mass is 16.5. The van der Waals surface area contributed by atoms with Crippen molar-refractivity contribution in [2.45, 2.75) is 31.8 Å². The van der Waals surface area contributed by atoms with Crippen LogP contribution in [0.1, 0.15) is 42.6 Å². The third kappa shape index (κ3) is 2.29. The molecule has 1 aromatic heterocycles. The fourth-order valence-electron chi connectivity index (χ4n) is 2.14. The van der Waals surface area contributed by atoms with Crippen molar-refractivity contribution < 1.29 is 9.63 Å². The fourth-order valence-corrected chi connectivity index (χ4v) is 2.14. The summed E-state index contributed by atoms with van der Waals surface area (Å²) in [6.07, 6.45) is 0.925. The molecule has 0 amide bonds. The molecule has 3 atom stereocenters. The Balaban J connectivity index is 1.67. The Morgan fingerprint density at radius 3 is 2.78 bits per heavy atom. The number of aliphatic hydroxyl groups excluding tert-OH is 1. The smallest absolute Gasteiger partial charge is 0.229 e. The van der Waals surface area contributed by atoms with Gasteiger partial charge in [-0.15, -0.1) is 0 Å². The van der Waals surface area contributed by atoms with E-state index in [4.69, 9.17) is 4.52 Å². The molecule has 1 aliphatic carbocycles. The summed E-state index contributed by atoms with van der Waals surface area (Å²) in [6, 6.07) is 9.53. The number of aromatic nitrogens is 2. The van der Waals surface area contributed by atoms with Crippen LogP contribution in [0.25, 0.3) is 0 Å². The van der Waals surface area contributed by atoms with Gasteiger partial charge >= 0.3 is 0 Å². The lowest BCUT2D eigenvalue weighted by molar-refractivity contribution is 0.164. The number of nitrogens with zero attached hydrogens (tertiary/aromatic N) is 2. The Kier molecular flexibility index (Phi) is 2.88. The Bertz CT molecular complexity index is 524. The second-order valence-corrected chi connectivity index (χ2v) is 5.00. The quantitative estimate of drug-likeness (QED) is 0.897. The van der Waals surface area contributed by atoms with E-state index in [-0.39, 0.29) is 0 Å². The number of hydrogen-bond acceptors (Lipinski definition) is 4. The summed E-state index contributed by atoms with van der Waals surface area (Å²) in [4.78, 5) is 4.35. The van der Waals surface area contributed by atoms with Crippen LogP contribution in [0.4, 0.5) is 0 Å². The molecule has 1 aromatic carbocycles. The molecule has 3 unspecified atom stereocenters. The minimum absolute atomic E-state index is 0.373. The van der Waals surface area contributed by atoms with Crippen molar-refractivity contribution in [3.05, 3.63) is 47.6 Å². The Labute approximate surface area is 106 Å². The van der Waals surface area contributed by atoms with Crippen LogP contribution in [-0.4, -0.2) is 15.2 Å². The van der Waals surface area contributed by atoms with Crippen molar-refractivity contribution in [3.8, 4) is 0 Å². The lowest BCUT2D eigenvalue weighted by atomic mass is 10.1. The monoisotopic (exact) mass is 244 g/mol.